The van der Waals surface area contributed by atoms with Crippen LogP contribution in [-0.4, -0.2) is 24.5 Å². The van der Waals surface area contributed by atoms with E-state index in [-0.39, 0.29) is 11.3 Å². The topological polar surface area (TPSA) is 60.4 Å². The molecule has 0 aromatic heterocycles. The first kappa shape index (κ1) is 16.7. The van der Waals surface area contributed by atoms with E-state index in [4.69, 9.17) is 4.74 Å². The van der Waals surface area contributed by atoms with Gasteiger partial charge in [-0.15, -0.1) is 0 Å². The highest BCUT2D eigenvalue weighted by atomic mass is 32.2. The van der Waals surface area contributed by atoms with Crippen LogP contribution in [-0.2, 0) is 21.1 Å². The Morgan fingerprint density at radius 2 is 1.58 bits per heavy atom. The van der Waals surface area contributed by atoms with Crippen molar-refractivity contribution in [2.24, 2.45) is 0 Å². The van der Waals surface area contributed by atoms with Crippen LogP contribution in [0.25, 0.3) is 0 Å². The van der Waals surface area contributed by atoms with Gasteiger partial charge >= 0.3 is 0 Å². The van der Waals surface area contributed by atoms with Gasteiger partial charge in [-0.05, 0) is 44.5 Å². The molecule has 0 saturated heterocycles. The van der Waals surface area contributed by atoms with Crippen LogP contribution in [0.5, 0.6) is 5.75 Å². The number of carbonyl (C=O) groups is 1. The van der Waals surface area contributed by atoms with E-state index in [1.165, 1.54) is 19.1 Å². The van der Waals surface area contributed by atoms with Crippen LogP contribution in [0.3, 0.4) is 0 Å². The first-order valence-corrected chi connectivity index (χ1v) is 9.28. The highest BCUT2D eigenvalue weighted by molar-refractivity contribution is 7.93. The summed E-state index contributed by atoms with van der Waals surface area (Å²) in [7, 11) is -3.95. The van der Waals surface area contributed by atoms with E-state index >= 15 is 0 Å². The first-order chi connectivity index (χ1) is 11.2. The predicted octanol–water partition coefficient (Wildman–Crippen LogP) is 3.20. The molecule has 1 aliphatic heterocycles. The second-order valence-corrected chi connectivity index (χ2v) is 8.77. The summed E-state index contributed by atoms with van der Waals surface area (Å²) in [6.07, 6.45) is 0.0999. The Balaban J connectivity index is 2.29. The molecule has 2 aromatic carbocycles. The number of hydrogen-bond acceptors (Lipinski definition) is 4. The standard InChI is InChI=1S/C19H20O4S/c1-14(20)19(24(21,22)16-10-5-4-6-11-16)13-15-9-7-8-12-17(15)23-18(19,2)3/h4-12H,13H2,1-3H3. The van der Waals surface area contributed by atoms with Gasteiger partial charge < -0.3 is 4.74 Å². The molecule has 126 valence electrons. The minimum absolute atomic E-state index is 0.0999. The molecule has 2 aromatic rings. The lowest BCUT2D eigenvalue weighted by atomic mass is 9.79. The fourth-order valence-corrected chi connectivity index (χ4v) is 5.88. The molecule has 24 heavy (non-hydrogen) atoms. The Kier molecular flexibility index (Phi) is 3.79. The number of benzene rings is 2. The maximum Gasteiger partial charge on any atom is 0.195 e. The monoisotopic (exact) mass is 344 g/mol. The number of carbonyl (C=O) groups excluding carboxylic acids is 1. The predicted molar refractivity (Wildman–Crippen MR) is 91.9 cm³/mol. The zero-order valence-electron chi connectivity index (χ0n) is 13.9. The summed E-state index contributed by atoms with van der Waals surface area (Å²) in [5, 5.41) is 0. The molecular weight excluding hydrogens is 324 g/mol. The van der Waals surface area contributed by atoms with Gasteiger partial charge in [-0.2, -0.15) is 0 Å². The van der Waals surface area contributed by atoms with E-state index in [0.29, 0.717) is 5.75 Å². The number of fused-ring (bicyclic) bond motifs is 1. The SMILES string of the molecule is CC(=O)C1(S(=O)(=O)c2ccccc2)Cc2ccccc2OC1(C)C. The van der Waals surface area contributed by atoms with Crippen molar-refractivity contribution in [3.63, 3.8) is 0 Å². The van der Waals surface area contributed by atoms with E-state index in [1.54, 1.807) is 38.1 Å². The van der Waals surface area contributed by atoms with Crippen molar-refractivity contribution in [1.82, 2.24) is 0 Å². The van der Waals surface area contributed by atoms with E-state index in [9.17, 15) is 13.2 Å². The second-order valence-electron chi connectivity index (χ2n) is 6.60. The minimum atomic E-state index is -3.95. The van der Waals surface area contributed by atoms with Crippen molar-refractivity contribution in [3.8, 4) is 5.75 Å². The highest BCUT2D eigenvalue weighted by Crippen LogP contribution is 2.46. The largest absolute Gasteiger partial charge is 0.485 e. The smallest absolute Gasteiger partial charge is 0.195 e. The third-order valence-corrected chi connectivity index (χ3v) is 7.56. The van der Waals surface area contributed by atoms with Gasteiger partial charge in [0.05, 0.1) is 4.90 Å². The minimum Gasteiger partial charge on any atom is -0.485 e. The number of para-hydroxylation sites is 1. The molecule has 0 bridgehead atoms. The summed E-state index contributed by atoms with van der Waals surface area (Å²) in [5.74, 6) is 0.216. The fraction of sp³-hybridized carbons (Fsp3) is 0.316. The number of rotatable bonds is 3. The van der Waals surface area contributed by atoms with Crippen LogP contribution < -0.4 is 4.74 Å². The lowest BCUT2D eigenvalue weighted by molar-refractivity contribution is -0.125. The summed E-state index contributed by atoms with van der Waals surface area (Å²) in [5.41, 5.74) is -0.464. The Morgan fingerprint density at radius 1 is 1.00 bits per heavy atom. The summed E-state index contributed by atoms with van der Waals surface area (Å²) in [4.78, 5) is 12.8. The van der Waals surface area contributed by atoms with Gasteiger partial charge in [0.15, 0.2) is 20.4 Å². The molecule has 0 fully saturated rings. The summed E-state index contributed by atoms with van der Waals surface area (Å²) in [6.45, 7) is 4.68. The molecule has 4 nitrogen and oxygen atoms in total. The lowest BCUT2D eigenvalue weighted by Gasteiger charge is -2.47. The zero-order valence-corrected chi connectivity index (χ0v) is 14.8. The molecule has 0 radical (unpaired) electrons. The molecule has 1 heterocycles. The maximum absolute atomic E-state index is 13.5. The summed E-state index contributed by atoms with van der Waals surface area (Å²) in [6, 6.07) is 15.4. The number of ether oxygens (including phenoxy) is 1. The lowest BCUT2D eigenvalue weighted by Crippen LogP contribution is -2.66. The molecule has 0 saturated carbocycles. The van der Waals surface area contributed by atoms with Crippen LogP contribution in [0.4, 0.5) is 0 Å². The normalized spacial score (nSPS) is 22.3. The van der Waals surface area contributed by atoms with E-state index in [0.717, 1.165) is 5.56 Å². The molecule has 5 heteroatoms. The molecule has 3 rings (SSSR count). The van der Waals surface area contributed by atoms with Gasteiger partial charge in [0.1, 0.15) is 11.4 Å². The van der Waals surface area contributed by atoms with Gasteiger partial charge in [-0.3, -0.25) is 4.79 Å². The van der Waals surface area contributed by atoms with Crippen molar-refractivity contribution in [3.05, 3.63) is 60.2 Å². The van der Waals surface area contributed by atoms with Gasteiger partial charge in [0, 0.05) is 6.42 Å². The molecule has 1 atom stereocenters. The van der Waals surface area contributed by atoms with Crippen molar-refractivity contribution in [1.29, 1.82) is 0 Å². The van der Waals surface area contributed by atoms with E-state index in [1.807, 2.05) is 18.2 Å². The number of hydrogen-bond donors (Lipinski definition) is 0. The average Bonchev–Trinajstić information content (AvgIpc) is 2.53. The molecule has 0 aliphatic carbocycles. The summed E-state index contributed by atoms with van der Waals surface area (Å²) >= 11 is 0. The van der Waals surface area contributed by atoms with Crippen LogP contribution in [0.15, 0.2) is 59.5 Å². The molecule has 1 aliphatic rings. The first-order valence-electron chi connectivity index (χ1n) is 7.80. The summed E-state index contributed by atoms with van der Waals surface area (Å²) < 4.78 is 31.3. The molecule has 0 N–H and O–H groups in total. The maximum atomic E-state index is 13.5. The van der Waals surface area contributed by atoms with Crippen LogP contribution in [0.2, 0.25) is 0 Å². The van der Waals surface area contributed by atoms with E-state index in [2.05, 4.69) is 0 Å². The zero-order chi connectivity index (χ0) is 17.6. The molecule has 0 spiro atoms. The van der Waals surface area contributed by atoms with Gasteiger partial charge in [0.25, 0.3) is 0 Å². The Morgan fingerprint density at radius 3 is 2.21 bits per heavy atom. The quantitative estimate of drug-likeness (QED) is 0.858. The van der Waals surface area contributed by atoms with Crippen molar-refractivity contribution in [2.75, 3.05) is 0 Å². The Bertz CT molecular complexity index is 885. The van der Waals surface area contributed by atoms with Crippen molar-refractivity contribution >= 4 is 15.6 Å². The molecule has 0 amide bonds. The number of ketones is 1. The third kappa shape index (κ3) is 2.18. The fourth-order valence-electron chi connectivity index (χ4n) is 3.54. The molecular formula is C19H20O4S. The number of sulfone groups is 1. The van der Waals surface area contributed by atoms with Crippen LogP contribution >= 0.6 is 0 Å². The average molecular weight is 344 g/mol. The number of Topliss-reactive ketones (excluding diaryl/α,β-unsaturated/α-hetero) is 1. The van der Waals surface area contributed by atoms with Crippen LogP contribution in [0, 0.1) is 0 Å². The Labute approximate surface area is 142 Å². The third-order valence-electron chi connectivity index (χ3n) is 4.83. The van der Waals surface area contributed by atoms with Gasteiger partial charge in [-0.1, -0.05) is 36.4 Å². The van der Waals surface area contributed by atoms with Crippen molar-refractivity contribution < 1.29 is 17.9 Å². The van der Waals surface area contributed by atoms with Gasteiger partial charge in [0.2, 0.25) is 0 Å². The molecule has 1 unspecified atom stereocenters. The highest BCUT2D eigenvalue weighted by Gasteiger charge is 2.63. The second kappa shape index (κ2) is 5.45. The van der Waals surface area contributed by atoms with E-state index < -0.39 is 26.0 Å². The van der Waals surface area contributed by atoms with Crippen molar-refractivity contribution in [2.45, 2.75) is 42.4 Å². The Hall–Kier alpha value is -2.14. The van der Waals surface area contributed by atoms with Crippen LogP contribution in [0.1, 0.15) is 26.3 Å². The van der Waals surface area contributed by atoms with Gasteiger partial charge in [-0.25, -0.2) is 8.42 Å².